The predicted molar refractivity (Wildman–Crippen MR) is 55.2 cm³/mol. The Balaban J connectivity index is 2.04. The quantitative estimate of drug-likeness (QED) is 0.738. The maximum absolute atomic E-state index is 5.67. The largest absolute Gasteiger partial charge is 0.468 e. The highest BCUT2D eigenvalue weighted by molar-refractivity contribution is 5.36. The number of fused-ring (bicyclic) bond motifs is 2. The van der Waals surface area contributed by atoms with Crippen LogP contribution in [-0.2, 0) is 5.41 Å². The summed E-state index contributed by atoms with van der Waals surface area (Å²) in [4.78, 5) is 0. The van der Waals surface area contributed by atoms with Crippen LogP contribution in [-0.4, -0.2) is 6.54 Å². The molecule has 3 rings (SSSR count). The summed E-state index contributed by atoms with van der Waals surface area (Å²) in [7, 11) is 0. The van der Waals surface area contributed by atoms with Crippen molar-refractivity contribution in [3.8, 4) is 0 Å². The molecule has 1 aliphatic carbocycles. The van der Waals surface area contributed by atoms with E-state index in [4.69, 9.17) is 4.42 Å². The van der Waals surface area contributed by atoms with E-state index < -0.39 is 0 Å². The van der Waals surface area contributed by atoms with E-state index in [0.29, 0.717) is 17.4 Å². The molecule has 1 N–H and O–H groups in total. The molecule has 1 saturated carbocycles. The van der Waals surface area contributed by atoms with E-state index in [1.165, 1.54) is 24.2 Å². The maximum Gasteiger partial charge on any atom is 0.115 e. The average molecular weight is 191 g/mol. The van der Waals surface area contributed by atoms with E-state index in [0.717, 1.165) is 6.54 Å². The zero-order valence-electron chi connectivity index (χ0n) is 8.84. The molecule has 0 bridgehead atoms. The van der Waals surface area contributed by atoms with Crippen molar-refractivity contribution in [3.63, 3.8) is 0 Å². The molecule has 1 unspecified atom stereocenters. The summed E-state index contributed by atoms with van der Waals surface area (Å²) in [5, 5.41) is 3.65. The lowest BCUT2D eigenvalue weighted by atomic mass is 9.86. The second-order valence-electron chi connectivity index (χ2n) is 5.09. The number of hydrogen-bond acceptors (Lipinski definition) is 2. The van der Waals surface area contributed by atoms with E-state index in [1.54, 1.807) is 0 Å². The monoisotopic (exact) mass is 191 g/mol. The third-order valence-electron chi connectivity index (χ3n) is 3.69. The first-order valence-electron chi connectivity index (χ1n) is 5.54. The average Bonchev–Trinajstić information content (AvgIpc) is 2.75. The molecule has 0 amide bonds. The minimum atomic E-state index is 0.379. The van der Waals surface area contributed by atoms with Crippen molar-refractivity contribution in [1.82, 2.24) is 5.32 Å². The molecule has 2 heteroatoms. The molecule has 1 aromatic heterocycles. The Labute approximate surface area is 84.7 Å². The van der Waals surface area contributed by atoms with Gasteiger partial charge in [-0.05, 0) is 24.8 Å². The smallest absolute Gasteiger partial charge is 0.115 e. The molecular weight excluding hydrogens is 174 g/mol. The SMILES string of the molecule is CC(C)C1NCC2(CC2)c2occc21. The van der Waals surface area contributed by atoms with Gasteiger partial charge in [0.25, 0.3) is 0 Å². The van der Waals surface area contributed by atoms with Crippen LogP contribution in [0.2, 0.25) is 0 Å². The van der Waals surface area contributed by atoms with Gasteiger partial charge < -0.3 is 9.73 Å². The highest BCUT2D eigenvalue weighted by atomic mass is 16.3. The Morgan fingerprint density at radius 3 is 2.93 bits per heavy atom. The first-order valence-corrected chi connectivity index (χ1v) is 5.54. The van der Waals surface area contributed by atoms with Crippen LogP contribution in [0.5, 0.6) is 0 Å². The van der Waals surface area contributed by atoms with E-state index in [1.807, 2.05) is 6.26 Å². The van der Waals surface area contributed by atoms with Gasteiger partial charge in [0.1, 0.15) is 5.76 Å². The summed E-state index contributed by atoms with van der Waals surface area (Å²) in [5.74, 6) is 1.91. The summed E-state index contributed by atoms with van der Waals surface area (Å²) >= 11 is 0. The Morgan fingerprint density at radius 1 is 1.50 bits per heavy atom. The molecule has 14 heavy (non-hydrogen) atoms. The Hall–Kier alpha value is -0.760. The van der Waals surface area contributed by atoms with Gasteiger partial charge in [0, 0.05) is 23.6 Å². The van der Waals surface area contributed by atoms with E-state index >= 15 is 0 Å². The summed E-state index contributed by atoms with van der Waals surface area (Å²) < 4.78 is 5.67. The molecule has 0 aromatic carbocycles. The molecule has 76 valence electrons. The van der Waals surface area contributed by atoms with Crippen molar-refractivity contribution in [3.05, 3.63) is 23.7 Å². The first kappa shape index (κ1) is 8.54. The third kappa shape index (κ3) is 1.01. The van der Waals surface area contributed by atoms with Crippen molar-refractivity contribution in [2.24, 2.45) is 5.92 Å². The highest BCUT2D eigenvalue weighted by Crippen LogP contribution is 2.53. The summed E-state index contributed by atoms with van der Waals surface area (Å²) in [6, 6.07) is 2.64. The van der Waals surface area contributed by atoms with Gasteiger partial charge in [-0.1, -0.05) is 13.8 Å². The third-order valence-corrected chi connectivity index (χ3v) is 3.69. The summed E-state index contributed by atoms with van der Waals surface area (Å²) in [5.41, 5.74) is 1.79. The van der Waals surface area contributed by atoms with Gasteiger partial charge in [-0.2, -0.15) is 0 Å². The topological polar surface area (TPSA) is 25.2 Å². The second-order valence-corrected chi connectivity index (χ2v) is 5.09. The van der Waals surface area contributed by atoms with Crippen LogP contribution in [0.3, 0.4) is 0 Å². The van der Waals surface area contributed by atoms with Crippen molar-refractivity contribution in [1.29, 1.82) is 0 Å². The van der Waals surface area contributed by atoms with E-state index in [-0.39, 0.29) is 0 Å². The molecule has 2 nitrogen and oxygen atoms in total. The van der Waals surface area contributed by atoms with Gasteiger partial charge in [0.2, 0.25) is 0 Å². The van der Waals surface area contributed by atoms with Crippen LogP contribution in [0.4, 0.5) is 0 Å². The van der Waals surface area contributed by atoms with Crippen molar-refractivity contribution in [2.75, 3.05) is 6.54 Å². The Morgan fingerprint density at radius 2 is 2.29 bits per heavy atom. The van der Waals surface area contributed by atoms with Gasteiger partial charge in [0.15, 0.2) is 0 Å². The number of hydrogen-bond donors (Lipinski definition) is 1. The molecule has 2 aliphatic rings. The van der Waals surface area contributed by atoms with Gasteiger partial charge in [0.05, 0.1) is 6.26 Å². The molecule has 0 saturated heterocycles. The molecule has 2 heterocycles. The zero-order chi connectivity index (χ0) is 9.76. The summed E-state index contributed by atoms with van der Waals surface area (Å²) in [6.45, 7) is 5.63. The fourth-order valence-corrected chi connectivity index (χ4v) is 2.64. The normalized spacial score (nSPS) is 28.1. The lowest BCUT2D eigenvalue weighted by Gasteiger charge is -2.31. The second kappa shape index (κ2) is 2.63. The highest BCUT2D eigenvalue weighted by Gasteiger charge is 2.51. The fourth-order valence-electron chi connectivity index (χ4n) is 2.64. The molecule has 1 spiro atoms. The van der Waals surface area contributed by atoms with Gasteiger partial charge >= 0.3 is 0 Å². The fraction of sp³-hybridized carbons (Fsp3) is 0.667. The number of nitrogens with one attached hydrogen (secondary N) is 1. The number of rotatable bonds is 1. The molecule has 1 aliphatic heterocycles. The van der Waals surface area contributed by atoms with Gasteiger partial charge in [-0.3, -0.25) is 0 Å². The van der Waals surface area contributed by atoms with Crippen LogP contribution >= 0.6 is 0 Å². The van der Waals surface area contributed by atoms with Gasteiger partial charge in [-0.25, -0.2) is 0 Å². The predicted octanol–water partition coefficient (Wildman–Crippen LogP) is 2.61. The summed E-state index contributed by atoms with van der Waals surface area (Å²) in [6.07, 6.45) is 4.45. The van der Waals surface area contributed by atoms with Crippen LogP contribution in [0.25, 0.3) is 0 Å². The lowest BCUT2D eigenvalue weighted by molar-refractivity contribution is 0.324. The zero-order valence-corrected chi connectivity index (χ0v) is 8.84. The van der Waals surface area contributed by atoms with Crippen LogP contribution in [0.1, 0.15) is 44.1 Å². The van der Waals surface area contributed by atoms with Crippen LogP contribution < -0.4 is 5.32 Å². The van der Waals surface area contributed by atoms with Gasteiger partial charge in [-0.15, -0.1) is 0 Å². The molecule has 1 aromatic rings. The standard InChI is InChI=1S/C12H17NO/c1-8(2)10-9-3-6-14-11(9)12(4-5-12)7-13-10/h3,6,8,10,13H,4-5,7H2,1-2H3. The van der Waals surface area contributed by atoms with E-state index in [2.05, 4.69) is 25.2 Å². The van der Waals surface area contributed by atoms with Crippen molar-refractivity contribution >= 4 is 0 Å². The van der Waals surface area contributed by atoms with Crippen LogP contribution in [0.15, 0.2) is 16.7 Å². The maximum atomic E-state index is 5.67. The van der Waals surface area contributed by atoms with Crippen molar-refractivity contribution in [2.45, 2.75) is 38.1 Å². The Bertz CT molecular complexity index is 349. The molecule has 1 atom stereocenters. The van der Waals surface area contributed by atoms with E-state index in [9.17, 15) is 0 Å². The van der Waals surface area contributed by atoms with Crippen molar-refractivity contribution < 1.29 is 4.42 Å². The minimum absolute atomic E-state index is 0.379. The lowest BCUT2D eigenvalue weighted by Crippen LogP contribution is -2.38. The molecule has 0 radical (unpaired) electrons. The first-order chi connectivity index (χ1) is 6.73. The molecular formula is C12H17NO. The molecule has 1 fully saturated rings. The minimum Gasteiger partial charge on any atom is -0.468 e. The van der Waals surface area contributed by atoms with Crippen LogP contribution in [0, 0.1) is 5.92 Å². The Kier molecular flexibility index (Phi) is 1.61. The number of furan rings is 1.